The minimum absolute atomic E-state index is 0.0318. The van der Waals surface area contributed by atoms with Crippen molar-refractivity contribution in [1.82, 2.24) is 25.4 Å². The highest BCUT2D eigenvalue weighted by atomic mass is 32.2. The predicted octanol–water partition coefficient (Wildman–Crippen LogP) is 5.24. The molecular formula is C29H28N7O4PS. The first-order chi connectivity index (χ1) is 20.3. The summed E-state index contributed by atoms with van der Waals surface area (Å²) in [5.74, 6) is -0.265. The van der Waals surface area contributed by atoms with E-state index in [9.17, 15) is 14.2 Å². The maximum atomic E-state index is 14.1. The van der Waals surface area contributed by atoms with Gasteiger partial charge in [-0.2, -0.15) is 0 Å². The van der Waals surface area contributed by atoms with Crippen LogP contribution in [0, 0.1) is 5.41 Å². The van der Waals surface area contributed by atoms with E-state index in [1.54, 1.807) is 67.9 Å². The summed E-state index contributed by atoms with van der Waals surface area (Å²) in [7, 11) is -2.49. The van der Waals surface area contributed by atoms with Gasteiger partial charge in [0.05, 0.1) is 34.9 Å². The van der Waals surface area contributed by atoms with Gasteiger partial charge in [-0.25, -0.2) is 14.6 Å². The van der Waals surface area contributed by atoms with Gasteiger partial charge in [0.25, 0.3) is 5.91 Å². The Bertz CT molecular complexity index is 1640. The summed E-state index contributed by atoms with van der Waals surface area (Å²) < 4.78 is 19.8. The third-order valence-corrected chi connectivity index (χ3v) is 8.38. The number of aldehydes is 1. The van der Waals surface area contributed by atoms with Crippen LogP contribution in [0.2, 0.25) is 0 Å². The molecule has 0 aliphatic heterocycles. The summed E-state index contributed by atoms with van der Waals surface area (Å²) in [6, 6.07) is 16.9. The summed E-state index contributed by atoms with van der Waals surface area (Å²) in [6.07, 6.45) is 9.63. The van der Waals surface area contributed by atoms with Gasteiger partial charge in [0, 0.05) is 41.0 Å². The van der Waals surface area contributed by atoms with Crippen molar-refractivity contribution >= 4 is 49.1 Å². The number of pyridine rings is 1. The lowest BCUT2D eigenvalue weighted by Crippen LogP contribution is -2.30. The van der Waals surface area contributed by atoms with Crippen LogP contribution in [0.5, 0.6) is 5.88 Å². The van der Waals surface area contributed by atoms with Crippen LogP contribution in [-0.2, 0) is 9.36 Å². The van der Waals surface area contributed by atoms with E-state index in [0.29, 0.717) is 32.9 Å². The lowest BCUT2D eigenvalue weighted by Gasteiger charge is -2.24. The molecule has 2 aromatic carbocycles. The molecule has 2 aromatic heterocycles. The molecule has 0 saturated heterocycles. The monoisotopic (exact) mass is 601 g/mol. The average molecular weight is 602 g/mol. The zero-order valence-electron chi connectivity index (χ0n) is 22.7. The molecule has 4 aromatic rings. The van der Waals surface area contributed by atoms with Crippen LogP contribution in [-0.4, -0.2) is 45.9 Å². The molecule has 0 aliphatic rings. The number of hydrogen-bond acceptors (Lipinski definition) is 9. The van der Waals surface area contributed by atoms with Gasteiger partial charge in [0.2, 0.25) is 5.88 Å². The molecule has 13 heteroatoms. The predicted molar refractivity (Wildman–Crippen MR) is 163 cm³/mol. The van der Waals surface area contributed by atoms with Crippen LogP contribution in [0.4, 0.5) is 5.69 Å². The van der Waals surface area contributed by atoms with Crippen molar-refractivity contribution in [2.45, 2.75) is 22.8 Å². The Balaban J connectivity index is 1.75. The highest BCUT2D eigenvalue weighted by molar-refractivity contribution is 7.99. The first kappa shape index (κ1) is 30.3. The minimum Gasteiger partial charge on any atom is -0.398 e. The number of rotatable bonds is 13. The van der Waals surface area contributed by atoms with Crippen LogP contribution in [0.1, 0.15) is 28.5 Å². The number of allylic oxidation sites excluding steroid dienone is 1. The van der Waals surface area contributed by atoms with E-state index in [2.05, 4.69) is 30.4 Å². The molecule has 0 aliphatic carbocycles. The summed E-state index contributed by atoms with van der Waals surface area (Å²) in [6.45, 7) is 1.53. The molecule has 42 heavy (non-hydrogen) atoms. The summed E-state index contributed by atoms with van der Waals surface area (Å²) >= 11 is 1.32. The van der Waals surface area contributed by atoms with E-state index >= 15 is 0 Å². The van der Waals surface area contributed by atoms with Crippen LogP contribution >= 0.6 is 19.4 Å². The van der Waals surface area contributed by atoms with E-state index in [1.807, 2.05) is 18.2 Å². The SMILES string of the molecule is CNC(=O)c1ccccc1Sc1ccc(C(=N)/C=C/c2ccccn2)c(NP(=O)(NC(C)C=O)Oc2cnccn2)c1. The van der Waals surface area contributed by atoms with Gasteiger partial charge in [0.1, 0.15) is 6.29 Å². The van der Waals surface area contributed by atoms with E-state index in [4.69, 9.17) is 9.93 Å². The van der Waals surface area contributed by atoms with Gasteiger partial charge >= 0.3 is 7.67 Å². The second-order valence-electron chi connectivity index (χ2n) is 8.74. The molecule has 0 radical (unpaired) electrons. The molecule has 0 saturated carbocycles. The van der Waals surface area contributed by atoms with Gasteiger partial charge < -0.3 is 20.0 Å². The lowest BCUT2D eigenvalue weighted by atomic mass is 10.1. The molecule has 2 unspecified atom stereocenters. The fourth-order valence-corrected chi connectivity index (χ4v) is 6.26. The lowest BCUT2D eigenvalue weighted by molar-refractivity contribution is -0.108. The van der Waals surface area contributed by atoms with E-state index in [0.717, 1.165) is 0 Å². The Morgan fingerprint density at radius 2 is 1.86 bits per heavy atom. The number of anilines is 1. The third kappa shape index (κ3) is 8.20. The van der Waals surface area contributed by atoms with Gasteiger partial charge in [-0.15, -0.1) is 0 Å². The quantitative estimate of drug-likeness (QED) is 0.0907. The van der Waals surface area contributed by atoms with Crippen molar-refractivity contribution in [3.8, 4) is 5.88 Å². The Kier molecular flexibility index (Phi) is 10.3. The number of nitrogens with one attached hydrogen (secondary N) is 4. The molecule has 1 amide bonds. The maximum Gasteiger partial charge on any atom is 0.419 e. The largest absolute Gasteiger partial charge is 0.419 e. The summed E-state index contributed by atoms with van der Waals surface area (Å²) in [4.78, 5) is 37.5. The number of aromatic nitrogens is 3. The fraction of sp³-hybridized carbons (Fsp3) is 0.103. The highest BCUT2D eigenvalue weighted by Gasteiger charge is 2.29. The summed E-state index contributed by atoms with van der Waals surface area (Å²) in [5.41, 5.74) is 1.93. The van der Waals surface area contributed by atoms with E-state index in [-0.39, 0.29) is 23.2 Å². The average Bonchev–Trinajstić information content (AvgIpc) is 3.00. The number of carbonyl (C=O) groups excluding carboxylic acids is 2. The molecule has 0 spiro atoms. The van der Waals surface area contributed by atoms with Crippen molar-refractivity contribution in [3.63, 3.8) is 0 Å². The second kappa shape index (κ2) is 14.3. The number of hydrogen-bond donors (Lipinski definition) is 4. The minimum atomic E-state index is -4.05. The first-order valence-corrected chi connectivity index (χ1v) is 15.1. The third-order valence-electron chi connectivity index (χ3n) is 5.58. The maximum absolute atomic E-state index is 14.1. The van der Waals surface area contributed by atoms with Gasteiger partial charge in [-0.05, 0) is 61.5 Å². The topological polar surface area (TPSA) is 159 Å². The normalized spacial score (nSPS) is 13.1. The van der Waals surface area contributed by atoms with Crippen LogP contribution in [0.3, 0.4) is 0 Å². The molecule has 11 nitrogen and oxygen atoms in total. The highest BCUT2D eigenvalue weighted by Crippen LogP contribution is 2.45. The number of amides is 1. The molecule has 2 heterocycles. The molecule has 214 valence electrons. The molecular weight excluding hydrogens is 573 g/mol. The fourth-order valence-electron chi connectivity index (χ4n) is 3.65. The molecule has 2 atom stereocenters. The van der Waals surface area contributed by atoms with E-state index < -0.39 is 13.7 Å². The van der Waals surface area contributed by atoms with Crippen LogP contribution < -0.4 is 20.0 Å². The Hall–Kier alpha value is -4.64. The zero-order valence-corrected chi connectivity index (χ0v) is 24.4. The van der Waals surface area contributed by atoms with E-state index in [1.165, 1.54) is 37.3 Å². The molecule has 4 rings (SSSR count). The van der Waals surface area contributed by atoms with Crippen molar-refractivity contribution < 1.29 is 18.7 Å². The van der Waals surface area contributed by atoms with Crippen LogP contribution in [0.25, 0.3) is 6.08 Å². The smallest absolute Gasteiger partial charge is 0.398 e. The molecule has 0 fully saturated rings. The number of carbonyl (C=O) groups is 2. The Labute approximate surface area is 247 Å². The first-order valence-electron chi connectivity index (χ1n) is 12.7. The molecule has 0 bridgehead atoms. The van der Waals surface area contributed by atoms with Crippen molar-refractivity contribution in [2.24, 2.45) is 0 Å². The second-order valence-corrected chi connectivity index (χ2v) is 11.6. The summed E-state index contributed by atoms with van der Waals surface area (Å²) in [5, 5.41) is 17.0. The number of benzene rings is 2. The van der Waals surface area contributed by atoms with Crippen LogP contribution in [0.15, 0.2) is 101 Å². The van der Waals surface area contributed by atoms with Crippen molar-refractivity contribution in [1.29, 1.82) is 5.41 Å². The Morgan fingerprint density at radius 1 is 1.05 bits per heavy atom. The van der Waals surface area contributed by atoms with Gasteiger partial charge in [-0.1, -0.05) is 30.0 Å². The Morgan fingerprint density at radius 3 is 2.57 bits per heavy atom. The standard InChI is InChI=1S/C29H28N7O4PS/c1-20(19-37)35-41(39,40-28-18-32-15-16-34-28)36-26-17-22(42-27-9-4-3-8-24(27)29(38)31-2)11-12-23(26)25(30)13-10-21-7-5-6-14-33-21/h3-20,30H,1-2H3,(H,31,38)(H2,35,36,39)/b13-10+,30-25?. The van der Waals surface area contributed by atoms with Gasteiger partial charge in [0.15, 0.2) is 0 Å². The van der Waals surface area contributed by atoms with Crippen molar-refractivity contribution in [2.75, 3.05) is 12.1 Å². The molecule has 4 N–H and O–H groups in total. The zero-order chi connectivity index (χ0) is 30.0. The number of nitrogens with zero attached hydrogens (tertiary/aromatic N) is 3. The van der Waals surface area contributed by atoms with Crippen molar-refractivity contribution in [3.05, 3.63) is 108 Å². The van der Waals surface area contributed by atoms with Gasteiger partial charge in [-0.3, -0.25) is 19.8 Å².